The summed E-state index contributed by atoms with van der Waals surface area (Å²) in [5.41, 5.74) is 4.78. The van der Waals surface area contributed by atoms with Crippen molar-refractivity contribution in [1.29, 1.82) is 0 Å². The molecule has 0 unspecified atom stereocenters. The zero-order chi connectivity index (χ0) is 20.8. The number of benzene rings is 2. The van der Waals surface area contributed by atoms with Crippen LogP contribution in [-0.4, -0.2) is 49.3 Å². The lowest BCUT2D eigenvalue weighted by molar-refractivity contribution is 0.251. The van der Waals surface area contributed by atoms with E-state index in [1.54, 1.807) is 13.3 Å². The molecule has 1 heterocycles. The Morgan fingerprint density at radius 1 is 1.10 bits per heavy atom. The molecule has 0 radical (unpaired) electrons. The van der Waals surface area contributed by atoms with Gasteiger partial charge in [-0.25, -0.2) is 0 Å². The summed E-state index contributed by atoms with van der Waals surface area (Å²) >= 11 is 0. The van der Waals surface area contributed by atoms with Gasteiger partial charge in [-0.1, -0.05) is 19.1 Å². The number of aliphatic hydroxyl groups is 1. The zero-order valence-electron chi connectivity index (χ0n) is 17.5. The summed E-state index contributed by atoms with van der Waals surface area (Å²) in [4.78, 5) is 6.57. The third-order valence-electron chi connectivity index (χ3n) is 4.89. The van der Waals surface area contributed by atoms with Gasteiger partial charge >= 0.3 is 0 Å². The molecule has 3 aromatic rings. The van der Waals surface area contributed by atoms with Gasteiger partial charge in [0, 0.05) is 35.6 Å². The van der Waals surface area contributed by atoms with Crippen LogP contribution in [0.3, 0.4) is 0 Å². The second kappa shape index (κ2) is 9.58. The molecule has 0 saturated carbocycles. The summed E-state index contributed by atoms with van der Waals surface area (Å²) in [6, 6.07) is 11.8. The van der Waals surface area contributed by atoms with Crippen molar-refractivity contribution in [3.63, 3.8) is 0 Å². The molecule has 0 bridgehead atoms. The lowest BCUT2D eigenvalue weighted by Gasteiger charge is -2.17. The van der Waals surface area contributed by atoms with Gasteiger partial charge in [-0.15, -0.1) is 0 Å². The number of hydrogen-bond acceptors (Lipinski definition) is 6. The van der Waals surface area contributed by atoms with Gasteiger partial charge in [0.05, 0.1) is 19.2 Å². The number of likely N-dealkylation sites (N-methyl/N-ethyl adjacent to an activating group) is 1. The molecular formula is C23H29N3O3. The lowest BCUT2D eigenvalue weighted by Crippen LogP contribution is -2.19. The lowest BCUT2D eigenvalue weighted by atomic mass is 10.0. The summed E-state index contributed by atoms with van der Waals surface area (Å²) in [5, 5.41) is 14.1. The van der Waals surface area contributed by atoms with Gasteiger partial charge < -0.3 is 24.8 Å². The van der Waals surface area contributed by atoms with Crippen molar-refractivity contribution in [1.82, 2.24) is 9.88 Å². The summed E-state index contributed by atoms with van der Waals surface area (Å²) < 4.78 is 11.5. The number of fused-ring (bicyclic) bond motifs is 1. The molecule has 2 N–H and O–H groups in total. The number of nitrogens with one attached hydrogen (secondary N) is 1. The fraction of sp³-hybridized carbons (Fsp3) is 0.348. The highest BCUT2D eigenvalue weighted by Gasteiger charge is 2.13. The smallest absolute Gasteiger partial charge is 0.162 e. The molecule has 0 fully saturated rings. The number of pyridine rings is 1. The van der Waals surface area contributed by atoms with E-state index in [-0.39, 0.29) is 6.61 Å². The molecule has 0 aliphatic carbocycles. The number of rotatable bonds is 9. The summed E-state index contributed by atoms with van der Waals surface area (Å²) in [6.45, 7) is 3.49. The van der Waals surface area contributed by atoms with E-state index in [0.29, 0.717) is 18.1 Å². The third kappa shape index (κ3) is 4.78. The van der Waals surface area contributed by atoms with Gasteiger partial charge in [-0.3, -0.25) is 4.98 Å². The number of aromatic nitrogens is 1. The largest absolute Gasteiger partial charge is 0.493 e. The molecule has 154 valence electrons. The molecule has 0 saturated heterocycles. The number of hydrogen-bond donors (Lipinski definition) is 2. The molecular weight excluding hydrogens is 366 g/mol. The van der Waals surface area contributed by atoms with Crippen LogP contribution in [0.5, 0.6) is 11.5 Å². The molecule has 1 aromatic heterocycles. The highest BCUT2D eigenvalue weighted by atomic mass is 16.5. The van der Waals surface area contributed by atoms with Crippen LogP contribution in [0.1, 0.15) is 18.1 Å². The Bertz CT molecular complexity index is 973. The number of aliphatic hydroxyl groups excluding tert-OH is 1. The van der Waals surface area contributed by atoms with E-state index >= 15 is 0 Å². The van der Waals surface area contributed by atoms with E-state index in [9.17, 15) is 5.11 Å². The van der Waals surface area contributed by atoms with Crippen LogP contribution < -0.4 is 14.8 Å². The molecule has 0 aliphatic rings. The van der Waals surface area contributed by atoms with Crippen LogP contribution in [0.25, 0.3) is 10.9 Å². The normalized spacial score (nSPS) is 11.1. The Hall–Kier alpha value is -2.83. The van der Waals surface area contributed by atoms with Gasteiger partial charge in [0.1, 0.15) is 6.61 Å². The molecule has 29 heavy (non-hydrogen) atoms. The van der Waals surface area contributed by atoms with Crippen LogP contribution in [0.4, 0.5) is 11.4 Å². The minimum atomic E-state index is 0.0247. The average molecular weight is 396 g/mol. The van der Waals surface area contributed by atoms with Gasteiger partial charge in [0.15, 0.2) is 11.5 Å². The van der Waals surface area contributed by atoms with Gasteiger partial charge in [-0.2, -0.15) is 0 Å². The predicted octanol–water partition coefficient (Wildman–Crippen LogP) is 3.98. The maximum atomic E-state index is 9.66. The second-order valence-electron chi connectivity index (χ2n) is 7.11. The third-order valence-corrected chi connectivity index (χ3v) is 4.89. The van der Waals surface area contributed by atoms with E-state index in [2.05, 4.69) is 22.1 Å². The molecule has 2 aromatic carbocycles. The summed E-state index contributed by atoms with van der Waals surface area (Å²) in [7, 11) is 5.66. The minimum absolute atomic E-state index is 0.0247. The Morgan fingerprint density at radius 3 is 2.62 bits per heavy atom. The topological polar surface area (TPSA) is 66.8 Å². The first-order valence-corrected chi connectivity index (χ1v) is 9.80. The summed E-state index contributed by atoms with van der Waals surface area (Å²) in [6.07, 6.45) is 2.60. The fourth-order valence-corrected chi connectivity index (χ4v) is 3.34. The van der Waals surface area contributed by atoms with Crippen molar-refractivity contribution < 1.29 is 14.6 Å². The van der Waals surface area contributed by atoms with Crippen LogP contribution >= 0.6 is 0 Å². The summed E-state index contributed by atoms with van der Waals surface area (Å²) in [5.74, 6) is 1.36. The van der Waals surface area contributed by atoms with Crippen LogP contribution in [0.2, 0.25) is 0 Å². The molecule has 3 rings (SSSR count). The Balaban J connectivity index is 2.00. The average Bonchev–Trinajstić information content (AvgIpc) is 2.73. The Kier molecular flexibility index (Phi) is 6.90. The highest BCUT2D eigenvalue weighted by Crippen LogP contribution is 2.36. The van der Waals surface area contributed by atoms with Crippen molar-refractivity contribution in [2.45, 2.75) is 20.0 Å². The fourth-order valence-electron chi connectivity index (χ4n) is 3.34. The number of methoxy groups -OCH3 is 1. The molecule has 0 aliphatic heterocycles. The van der Waals surface area contributed by atoms with E-state index in [1.807, 2.05) is 50.5 Å². The first kappa shape index (κ1) is 20.9. The molecule has 6 nitrogen and oxygen atoms in total. The minimum Gasteiger partial charge on any atom is -0.493 e. The maximum absolute atomic E-state index is 9.66. The van der Waals surface area contributed by atoms with Gasteiger partial charge in [0.2, 0.25) is 0 Å². The number of ether oxygens (including phenoxy) is 2. The SMILES string of the molecule is CCc1c(CO)cccc1Nc1ccnc2cc(OC)c(OCCN(C)C)cc12. The highest BCUT2D eigenvalue weighted by molar-refractivity contribution is 5.95. The van der Waals surface area contributed by atoms with Gasteiger partial charge in [-0.05, 0) is 49.8 Å². The van der Waals surface area contributed by atoms with Gasteiger partial charge in [0.25, 0.3) is 0 Å². The maximum Gasteiger partial charge on any atom is 0.162 e. The van der Waals surface area contributed by atoms with Crippen LogP contribution in [0.15, 0.2) is 42.6 Å². The predicted molar refractivity (Wildman–Crippen MR) is 117 cm³/mol. The molecule has 6 heteroatoms. The van der Waals surface area contributed by atoms with Crippen molar-refractivity contribution in [3.8, 4) is 11.5 Å². The first-order valence-electron chi connectivity index (χ1n) is 9.80. The standard InChI is InChI=1S/C23H29N3O3/c1-5-17-16(15-27)7-6-8-19(17)25-20-9-10-24-21-14-22(28-4)23(13-18(20)21)29-12-11-26(2)3/h6-10,13-14,27H,5,11-12,15H2,1-4H3,(H,24,25). The second-order valence-corrected chi connectivity index (χ2v) is 7.11. The quantitative estimate of drug-likeness (QED) is 0.571. The zero-order valence-corrected chi connectivity index (χ0v) is 17.5. The van der Waals surface area contributed by atoms with Crippen molar-refractivity contribution in [2.24, 2.45) is 0 Å². The molecule has 0 spiro atoms. The number of nitrogens with zero attached hydrogens (tertiary/aromatic N) is 2. The first-order chi connectivity index (χ1) is 14.1. The van der Waals surface area contributed by atoms with Crippen LogP contribution in [0, 0.1) is 0 Å². The van der Waals surface area contributed by atoms with Crippen molar-refractivity contribution in [3.05, 3.63) is 53.7 Å². The molecule has 0 atom stereocenters. The van der Waals surface area contributed by atoms with E-state index in [4.69, 9.17) is 9.47 Å². The van der Waals surface area contributed by atoms with Crippen LogP contribution in [-0.2, 0) is 13.0 Å². The Labute approximate surface area is 172 Å². The van der Waals surface area contributed by atoms with Crippen molar-refractivity contribution >= 4 is 22.3 Å². The monoisotopic (exact) mass is 395 g/mol. The number of anilines is 2. The molecule has 0 amide bonds. The Morgan fingerprint density at radius 2 is 1.93 bits per heavy atom. The van der Waals surface area contributed by atoms with Crippen molar-refractivity contribution in [2.75, 3.05) is 39.7 Å². The van der Waals surface area contributed by atoms with E-state index in [0.717, 1.165) is 46.4 Å². The van der Waals surface area contributed by atoms with E-state index in [1.165, 1.54) is 0 Å². The van der Waals surface area contributed by atoms with E-state index < -0.39 is 0 Å².